The number of benzene rings is 1. The summed E-state index contributed by atoms with van der Waals surface area (Å²) < 4.78 is 0. The molecule has 0 spiro atoms. The fourth-order valence-corrected chi connectivity index (χ4v) is 2.51. The van der Waals surface area contributed by atoms with Crippen molar-refractivity contribution in [3.63, 3.8) is 0 Å². The van der Waals surface area contributed by atoms with Crippen molar-refractivity contribution in [2.24, 2.45) is 0 Å². The number of nitrogens with zero attached hydrogens (tertiary/aromatic N) is 2. The highest BCUT2D eigenvalue weighted by Gasteiger charge is 2.03. The van der Waals surface area contributed by atoms with Gasteiger partial charge in [-0.05, 0) is 50.3 Å². The predicted octanol–water partition coefficient (Wildman–Crippen LogP) is 4.88. The maximum absolute atomic E-state index is 6.07. The van der Waals surface area contributed by atoms with Crippen LogP contribution in [-0.2, 0) is 0 Å². The van der Waals surface area contributed by atoms with E-state index in [-0.39, 0.29) is 24.8 Å². The molecule has 6 heteroatoms. The summed E-state index contributed by atoms with van der Waals surface area (Å²) >= 11 is 6.07. The second-order valence-electron chi connectivity index (χ2n) is 4.83. The molecule has 0 atom stereocenters. The second kappa shape index (κ2) is 10.9. The summed E-state index contributed by atoms with van der Waals surface area (Å²) in [5, 5.41) is 5.33. The highest BCUT2D eigenvalue weighted by atomic mass is 35.5. The molecule has 3 nitrogen and oxygen atoms in total. The van der Waals surface area contributed by atoms with Gasteiger partial charge >= 0.3 is 0 Å². The van der Waals surface area contributed by atoms with Crippen LogP contribution in [0, 0.1) is 0 Å². The van der Waals surface area contributed by atoms with Crippen LogP contribution in [0.25, 0.3) is 10.9 Å². The molecule has 0 aliphatic rings. The van der Waals surface area contributed by atoms with Crippen LogP contribution in [0.3, 0.4) is 0 Å². The molecular formula is C16H24Cl3N3. The third-order valence-corrected chi connectivity index (χ3v) is 3.80. The molecule has 1 N–H and O–H groups in total. The molecule has 0 unspecified atom stereocenters. The van der Waals surface area contributed by atoms with Crippen molar-refractivity contribution in [2.75, 3.05) is 31.5 Å². The smallest absolute Gasteiger partial charge is 0.0723 e. The number of rotatable bonds is 7. The summed E-state index contributed by atoms with van der Waals surface area (Å²) in [4.78, 5) is 6.79. The standard InChI is InChI=1S/C16H22ClN3.2ClH/c1-3-20(4-2)11-5-9-18-16-8-10-19-15-7-6-13(17)12-14(15)16;;/h6-8,10,12H,3-5,9,11H2,1-2H3,(H,18,19);2*1H. The van der Waals surface area contributed by atoms with Gasteiger partial charge in [-0.3, -0.25) is 4.98 Å². The van der Waals surface area contributed by atoms with Crippen LogP contribution in [0.1, 0.15) is 20.3 Å². The van der Waals surface area contributed by atoms with Gasteiger partial charge in [0.15, 0.2) is 0 Å². The highest BCUT2D eigenvalue weighted by molar-refractivity contribution is 6.31. The number of halogens is 3. The molecule has 0 saturated carbocycles. The summed E-state index contributed by atoms with van der Waals surface area (Å²) in [6.45, 7) is 8.73. The van der Waals surface area contributed by atoms with Gasteiger partial charge in [-0.1, -0.05) is 25.4 Å². The highest BCUT2D eigenvalue weighted by Crippen LogP contribution is 2.24. The minimum atomic E-state index is 0. The van der Waals surface area contributed by atoms with E-state index in [4.69, 9.17) is 11.6 Å². The molecule has 0 saturated heterocycles. The normalized spacial score (nSPS) is 10.2. The van der Waals surface area contributed by atoms with Crippen LogP contribution in [0.2, 0.25) is 5.02 Å². The third-order valence-electron chi connectivity index (χ3n) is 3.56. The quantitative estimate of drug-likeness (QED) is 0.710. The van der Waals surface area contributed by atoms with Crippen molar-refractivity contribution in [3.05, 3.63) is 35.5 Å². The number of hydrogen-bond donors (Lipinski definition) is 1. The molecule has 0 amide bonds. The molecule has 22 heavy (non-hydrogen) atoms. The Morgan fingerprint density at radius 2 is 1.86 bits per heavy atom. The van der Waals surface area contributed by atoms with Gasteiger partial charge in [0.1, 0.15) is 0 Å². The van der Waals surface area contributed by atoms with Gasteiger partial charge in [0.2, 0.25) is 0 Å². The zero-order valence-corrected chi connectivity index (χ0v) is 15.4. The topological polar surface area (TPSA) is 28.2 Å². The first-order valence-electron chi connectivity index (χ1n) is 7.25. The maximum atomic E-state index is 6.07. The molecule has 124 valence electrons. The van der Waals surface area contributed by atoms with Crippen molar-refractivity contribution in [2.45, 2.75) is 20.3 Å². The molecule has 1 aromatic heterocycles. The van der Waals surface area contributed by atoms with E-state index in [9.17, 15) is 0 Å². The Morgan fingerprint density at radius 1 is 1.14 bits per heavy atom. The summed E-state index contributed by atoms with van der Waals surface area (Å²) in [7, 11) is 0. The first kappa shape index (κ1) is 21.3. The summed E-state index contributed by atoms with van der Waals surface area (Å²) in [6, 6.07) is 7.81. The van der Waals surface area contributed by atoms with E-state index in [1.807, 2.05) is 30.5 Å². The fraction of sp³-hybridized carbons (Fsp3) is 0.438. The zero-order chi connectivity index (χ0) is 14.4. The van der Waals surface area contributed by atoms with Crippen molar-refractivity contribution in [3.8, 4) is 0 Å². The van der Waals surface area contributed by atoms with Gasteiger partial charge < -0.3 is 10.2 Å². The monoisotopic (exact) mass is 363 g/mol. The summed E-state index contributed by atoms with van der Waals surface area (Å²) in [6.07, 6.45) is 2.97. The van der Waals surface area contributed by atoms with Crippen LogP contribution < -0.4 is 5.32 Å². The average Bonchev–Trinajstić information content (AvgIpc) is 2.47. The van der Waals surface area contributed by atoms with E-state index in [1.54, 1.807) is 0 Å². The predicted molar refractivity (Wildman–Crippen MR) is 102 cm³/mol. The molecule has 0 radical (unpaired) electrons. The Morgan fingerprint density at radius 3 is 2.55 bits per heavy atom. The van der Waals surface area contributed by atoms with Gasteiger partial charge in [-0.25, -0.2) is 0 Å². The van der Waals surface area contributed by atoms with E-state index in [0.717, 1.165) is 54.2 Å². The van der Waals surface area contributed by atoms with Gasteiger partial charge in [-0.15, -0.1) is 24.8 Å². The van der Waals surface area contributed by atoms with Crippen molar-refractivity contribution in [1.82, 2.24) is 9.88 Å². The minimum Gasteiger partial charge on any atom is -0.384 e. The lowest BCUT2D eigenvalue weighted by atomic mass is 10.2. The Bertz CT molecular complexity index is 559. The lowest BCUT2D eigenvalue weighted by molar-refractivity contribution is 0.303. The molecule has 1 heterocycles. The van der Waals surface area contributed by atoms with Crippen LogP contribution >= 0.6 is 36.4 Å². The maximum Gasteiger partial charge on any atom is 0.0723 e. The Hall–Kier alpha value is -0.740. The molecular weight excluding hydrogens is 341 g/mol. The number of fused-ring (bicyclic) bond motifs is 1. The van der Waals surface area contributed by atoms with Crippen molar-refractivity contribution in [1.29, 1.82) is 0 Å². The molecule has 2 rings (SSSR count). The number of aromatic nitrogens is 1. The molecule has 0 fully saturated rings. The van der Waals surface area contributed by atoms with Crippen LogP contribution in [0.15, 0.2) is 30.5 Å². The van der Waals surface area contributed by atoms with E-state index in [2.05, 4.69) is 29.0 Å². The Labute approximate surface area is 150 Å². The summed E-state index contributed by atoms with van der Waals surface area (Å²) in [5.74, 6) is 0. The summed E-state index contributed by atoms with van der Waals surface area (Å²) in [5.41, 5.74) is 2.08. The molecule has 0 aliphatic heterocycles. The lowest BCUT2D eigenvalue weighted by Crippen LogP contribution is -2.25. The molecule has 0 aliphatic carbocycles. The minimum absolute atomic E-state index is 0. The van der Waals surface area contributed by atoms with E-state index >= 15 is 0 Å². The van der Waals surface area contributed by atoms with E-state index in [0.29, 0.717) is 0 Å². The largest absolute Gasteiger partial charge is 0.384 e. The van der Waals surface area contributed by atoms with E-state index in [1.165, 1.54) is 0 Å². The van der Waals surface area contributed by atoms with Crippen molar-refractivity contribution < 1.29 is 0 Å². The van der Waals surface area contributed by atoms with Gasteiger partial charge in [-0.2, -0.15) is 0 Å². The fourth-order valence-electron chi connectivity index (χ4n) is 2.34. The number of anilines is 1. The Kier molecular flexibility index (Phi) is 10.5. The van der Waals surface area contributed by atoms with Crippen molar-refractivity contribution >= 4 is 53.0 Å². The third kappa shape index (κ3) is 5.81. The molecule has 2 aromatic rings. The number of nitrogens with one attached hydrogen (secondary N) is 1. The van der Waals surface area contributed by atoms with Gasteiger partial charge in [0.05, 0.1) is 5.52 Å². The van der Waals surface area contributed by atoms with Gasteiger partial charge in [0, 0.05) is 28.8 Å². The van der Waals surface area contributed by atoms with Crippen LogP contribution in [0.4, 0.5) is 5.69 Å². The van der Waals surface area contributed by atoms with E-state index < -0.39 is 0 Å². The molecule has 0 bridgehead atoms. The van der Waals surface area contributed by atoms with Crippen LogP contribution in [0.5, 0.6) is 0 Å². The van der Waals surface area contributed by atoms with Crippen LogP contribution in [-0.4, -0.2) is 36.1 Å². The first-order chi connectivity index (χ1) is 9.74. The first-order valence-corrected chi connectivity index (χ1v) is 7.63. The SMILES string of the molecule is CCN(CC)CCCNc1ccnc2ccc(Cl)cc12.Cl.Cl. The molecule has 1 aromatic carbocycles. The van der Waals surface area contributed by atoms with Gasteiger partial charge in [0.25, 0.3) is 0 Å². The number of pyridine rings is 1. The second-order valence-corrected chi connectivity index (χ2v) is 5.26. The number of hydrogen-bond acceptors (Lipinski definition) is 3. The average molecular weight is 365 g/mol. The lowest BCUT2D eigenvalue weighted by Gasteiger charge is -2.18. The zero-order valence-electron chi connectivity index (χ0n) is 13.0. The Balaban J connectivity index is 0.00000220.